The highest BCUT2D eigenvalue weighted by molar-refractivity contribution is 6.34. The quantitative estimate of drug-likeness (QED) is 0.661. The summed E-state index contributed by atoms with van der Waals surface area (Å²) in [6.45, 7) is 1.89. The number of benzene rings is 1. The second kappa shape index (κ2) is 7.46. The van der Waals surface area contributed by atoms with Gasteiger partial charge >= 0.3 is 5.97 Å². The van der Waals surface area contributed by atoms with E-state index in [-0.39, 0.29) is 22.0 Å². The Hall–Kier alpha value is -2.77. The summed E-state index contributed by atoms with van der Waals surface area (Å²) in [6.07, 6.45) is 2.20. The lowest BCUT2D eigenvalue weighted by Gasteiger charge is -2.12. The molecule has 0 fully saturated rings. The number of nitrogens with zero attached hydrogens (tertiary/aromatic N) is 2. The molecule has 0 radical (unpaired) electrons. The van der Waals surface area contributed by atoms with Crippen LogP contribution in [0.2, 0.25) is 10.0 Å². The number of aromatic nitrogens is 2. The highest BCUT2D eigenvalue weighted by Crippen LogP contribution is 2.31. The lowest BCUT2D eigenvalue weighted by atomic mass is 10.1. The van der Waals surface area contributed by atoms with Gasteiger partial charge in [-0.2, -0.15) is 0 Å². The average molecular weight is 408 g/mol. The van der Waals surface area contributed by atoms with E-state index in [4.69, 9.17) is 27.9 Å². The van der Waals surface area contributed by atoms with Crippen LogP contribution in [0, 0.1) is 0 Å². The number of rotatable bonds is 5. The van der Waals surface area contributed by atoms with Gasteiger partial charge in [-0.05, 0) is 18.6 Å². The Labute approximate surface area is 164 Å². The van der Waals surface area contributed by atoms with Gasteiger partial charge < -0.3 is 15.2 Å². The van der Waals surface area contributed by atoms with E-state index in [0.717, 1.165) is 0 Å². The molecular weight excluding hydrogens is 393 g/mol. The van der Waals surface area contributed by atoms with E-state index in [1.54, 1.807) is 22.7 Å². The smallest absolute Gasteiger partial charge is 0.339 e. The van der Waals surface area contributed by atoms with Crippen molar-refractivity contribution in [2.24, 2.45) is 0 Å². The first-order chi connectivity index (χ1) is 12.8. The lowest BCUT2D eigenvalue weighted by molar-refractivity contribution is 0.0693. The Bertz CT molecular complexity index is 1060. The molecule has 0 spiro atoms. The SMILES string of the molecule is CCc1nc2cc(Cl)ccn2c1C(=O)Nc1cc(OC)c(C(=O)O)cc1Cl. The van der Waals surface area contributed by atoms with Crippen LogP contribution < -0.4 is 10.1 Å². The van der Waals surface area contributed by atoms with Crippen molar-refractivity contribution in [3.63, 3.8) is 0 Å². The second-order valence-electron chi connectivity index (χ2n) is 5.63. The number of methoxy groups -OCH3 is 1. The monoisotopic (exact) mass is 407 g/mol. The van der Waals surface area contributed by atoms with Gasteiger partial charge in [0, 0.05) is 23.4 Å². The summed E-state index contributed by atoms with van der Waals surface area (Å²) in [5.74, 6) is -1.53. The van der Waals surface area contributed by atoms with Crippen LogP contribution in [-0.2, 0) is 6.42 Å². The molecule has 0 aliphatic carbocycles. The first-order valence-electron chi connectivity index (χ1n) is 7.94. The molecule has 2 N–H and O–H groups in total. The molecule has 27 heavy (non-hydrogen) atoms. The third-order valence-corrected chi connectivity index (χ3v) is 4.53. The number of nitrogens with one attached hydrogen (secondary N) is 1. The van der Waals surface area contributed by atoms with Gasteiger partial charge in [0.15, 0.2) is 0 Å². The molecule has 1 amide bonds. The largest absolute Gasteiger partial charge is 0.496 e. The minimum Gasteiger partial charge on any atom is -0.496 e. The Morgan fingerprint density at radius 3 is 2.67 bits per heavy atom. The van der Waals surface area contributed by atoms with Crippen LogP contribution in [0.25, 0.3) is 5.65 Å². The van der Waals surface area contributed by atoms with Gasteiger partial charge in [0.1, 0.15) is 22.7 Å². The van der Waals surface area contributed by atoms with Crippen LogP contribution in [0.5, 0.6) is 5.75 Å². The molecule has 2 aromatic heterocycles. The number of aryl methyl sites for hydroxylation is 1. The molecule has 1 aromatic carbocycles. The number of imidazole rings is 1. The van der Waals surface area contributed by atoms with Crippen molar-refractivity contribution in [1.29, 1.82) is 0 Å². The van der Waals surface area contributed by atoms with E-state index in [2.05, 4.69) is 10.3 Å². The Morgan fingerprint density at radius 1 is 1.30 bits per heavy atom. The number of ether oxygens (including phenoxy) is 1. The summed E-state index contributed by atoms with van der Waals surface area (Å²) in [6, 6.07) is 5.92. The number of aromatic carboxylic acids is 1. The number of carboxylic acids is 1. The Kier molecular flexibility index (Phi) is 5.25. The van der Waals surface area contributed by atoms with Crippen molar-refractivity contribution in [3.8, 4) is 5.75 Å². The summed E-state index contributed by atoms with van der Waals surface area (Å²) >= 11 is 12.1. The number of amides is 1. The first-order valence-corrected chi connectivity index (χ1v) is 8.70. The predicted molar refractivity (Wildman–Crippen MR) is 102 cm³/mol. The topological polar surface area (TPSA) is 92.9 Å². The molecule has 0 saturated carbocycles. The molecule has 0 aliphatic heterocycles. The highest BCUT2D eigenvalue weighted by atomic mass is 35.5. The molecule has 2 heterocycles. The van der Waals surface area contributed by atoms with Crippen LogP contribution in [0.3, 0.4) is 0 Å². The van der Waals surface area contributed by atoms with Crippen LogP contribution in [-0.4, -0.2) is 33.5 Å². The minimum absolute atomic E-state index is 0.0801. The van der Waals surface area contributed by atoms with E-state index in [1.165, 1.54) is 19.2 Å². The molecule has 3 rings (SSSR count). The fourth-order valence-corrected chi connectivity index (χ4v) is 3.09. The first kappa shape index (κ1) is 19.0. The van der Waals surface area contributed by atoms with Crippen LogP contribution >= 0.6 is 23.2 Å². The molecule has 0 saturated heterocycles. The van der Waals surface area contributed by atoms with Gasteiger partial charge in [-0.15, -0.1) is 0 Å². The predicted octanol–water partition coefficient (Wildman–Crippen LogP) is 4.16. The third-order valence-electron chi connectivity index (χ3n) is 3.98. The molecule has 0 unspecified atom stereocenters. The standard InChI is InChI=1S/C18H15Cl2N3O4/c1-3-12-16(23-5-4-9(19)6-15(23)21-12)17(24)22-13-8-14(27-2)10(18(25)26)7-11(13)20/h4-8H,3H2,1-2H3,(H,22,24)(H,25,26). The summed E-state index contributed by atoms with van der Waals surface area (Å²) < 4.78 is 6.72. The molecule has 0 aliphatic rings. The highest BCUT2D eigenvalue weighted by Gasteiger charge is 2.21. The van der Waals surface area contributed by atoms with Crippen molar-refractivity contribution in [1.82, 2.24) is 9.38 Å². The second-order valence-corrected chi connectivity index (χ2v) is 6.47. The number of fused-ring (bicyclic) bond motifs is 1. The minimum atomic E-state index is -1.18. The number of halogens is 2. The molecular formula is C18H15Cl2N3O4. The molecule has 3 aromatic rings. The van der Waals surface area contributed by atoms with Gasteiger partial charge in [0.05, 0.1) is 23.5 Å². The number of carbonyl (C=O) groups excluding carboxylic acids is 1. The van der Waals surface area contributed by atoms with Gasteiger partial charge in [-0.25, -0.2) is 9.78 Å². The van der Waals surface area contributed by atoms with Crippen molar-refractivity contribution < 1.29 is 19.4 Å². The number of pyridine rings is 1. The lowest BCUT2D eigenvalue weighted by Crippen LogP contribution is -2.17. The maximum absolute atomic E-state index is 12.9. The van der Waals surface area contributed by atoms with E-state index < -0.39 is 11.9 Å². The Morgan fingerprint density at radius 2 is 2.04 bits per heavy atom. The van der Waals surface area contributed by atoms with Gasteiger partial charge in [-0.1, -0.05) is 30.1 Å². The van der Waals surface area contributed by atoms with Gasteiger partial charge in [-0.3, -0.25) is 9.20 Å². The van der Waals surface area contributed by atoms with Crippen molar-refractivity contribution >= 4 is 46.4 Å². The molecule has 140 valence electrons. The summed E-state index contributed by atoms with van der Waals surface area (Å²) in [7, 11) is 1.34. The van der Waals surface area contributed by atoms with Crippen LogP contribution in [0.1, 0.15) is 33.5 Å². The van der Waals surface area contributed by atoms with Crippen molar-refractivity contribution in [2.45, 2.75) is 13.3 Å². The van der Waals surface area contributed by atoms with Crippen molar-refractivity contribution in [2.75, 3.05) is 12.4 Å². The van der Waals surface area contributed by atoms with Crippen LogP contribution in [0.15, 0.2) is 30.5 Å². The molecule has 0 atom stereocenters. The number of carboxylic acid groups (broad SMARTS) is 1. The zero-order valence-electron chi connectivity index (χ0n) is 14.4. The van der Waals surface area contributed by atoms with E-state index in [9.17, 15) is 14.7 Å². The number of hydrogen-bond acceptors (Lipinski definition) is 4. The van der Waals surface area contributed by atoms with E-state index >= 15 is 0 Å². The summed E-state index contributed by atoms with van der Waals surface area (Å²) in [5.41, 5.74) is 1.63. The van der Waals surface area contributed by atoms with E-state index in [0.29, 0.717) is 28.5 Å². The fraction of sp³-hybridized carbons (Fsp3) is 0.167. The summed E-state index contributed by atoms with van der Waals surface area (Å²) in [5, 5.41) is 12.5. The Balaban J connectivity index is 2.03. The fourth-order valence-electron chi connectivity index (χ4n) is 2.72. The number of hydrogen-bond donors (Lipinski definition) is 2. The van der Waals surface area contributed by atoms with Crippen LogP contribution in [0.4, 0.5) is 5.69 Å². The van der Waals surface area contributed by atoms with Crippen molar-refractivity contribution in [3.05, 3.63) is 57.5 Å². The summed E-state index contributed by atoms with van der Waals surface area (Å²) in [4.78, 5) is 28.6. The zero-order valence-corrected chi connectivity index (χ0v) is 15.9. The van der Waals surface area contributed by atoms with Gasteiger partial charge in [0.2, 0.25) is 0 Å². The average Bonchev–Trinajstić information content (AvgIpc) is 3.00. The molecule has 9 heteroatoms. The van der Waals surface area contributed by atoms with E-state index in [1.807, 2.05) is 6.92 Å². The van der Waals surface area contributed by atoms with Gasteiger partial charge in [0.25, 0.3) is 5.91 Å². The normalized spacial score (nSPS) is 10.8. The molecule has 0 bridgehead atoms. The molecule has 7 nitrogen and oxygen atoms in total. The maximum Gasteiger partial charge on any atom is 0.339 e. The zero-order chi connectivity index (χ0) is 19.7. The number of carbonyl (C=O) groups is 2. The number of anilines is 1. The third kappa shape index (κ3) is 3.56. The maximum atomic E-state index is 12.9.